The maximum Gasteiger partial charge on any atom is 0.229 e. The summed E-state index contributed by atoms with van der Waals surface area (Å²) in [5.41, 5.74) is 5.41. The third kappa shape index (κ3) is 3.54. The van der Waals surface area contributed by atoms with Crippen LogP contribution in [-0.4, -0.2) is 28.3 Å². The Kier molecular flexibility index (Phi) is 4.72. The second-order valence-corrected chi connectivity index (χ2v) is 7.08. The molecule has 2 aromatic heterocycles. The predicted octanol–water partition coefficient (Wildman–Crippen LogP) is 3.97. The Balaban J connectivity index is 1.65. The van der Waals surface area contributed by atoms with E-state index >= 15 is 0 Å². The number of aryl methyl sites for hydroxylation is 2. The van der Waals surface area contributed by atoms with Crippen molar-refractivity contribution in [3.63, 3.8) is 0 Å². The number of carbonyl (C=O) groups excluding carboxylic acids is 1. The SMILES string of the molecule is C=C1N(C)c2nc(Nc3ccc(C)nc3)ncc2CN1c1cc(C=O)ccc1C. The summed E-state index contributed by atoms with van der Waals surface area (Å²) in [6.07, 6.45) is 4.43. The number of fused-ring (bicyclic) bond motifs is 1. The summed E-state index contributed by atoms with van der Waals surface area (Å²) in [5, 5.41) is 3.19. The molecule has 0 saturated heterocycles. The van der Waals surface area contributed by atoms with Gasteiger partial charge < -0.3 is 15.1 Å². The lowest BCUT2D eigenvalue weighted by atomic mass is 10.1. The summed E-state index contributed by atoms with van der Waals surface area (Å²) in [6, 6.07) is 9.52. The number of hydrogen-bond donors (Lipinski definition) is 1. The number of anilines is 4. The minimum absolute atomic E-state index is 0.502. The van der Waals surface area contributed by atoms with E-state index in [0.717, 1.165) is 46.1 Å². The van der Waals surface area contributed by atoms with Gasteiger partial charge in [-0.3, -0.25) is 9.78 Å². The van der Waals surface area contributed by atoms with E-state index in [1.807, 2.05) is 62.3 Å². The molecule has 0 amide bonds. The van der Waals surface area contributed by atoms with E-state index in [2.05, 4.69) is 31.7 Å². The molecule has 1 aliphatic rings. The van der Waals surface area contributed by atoms with Gasteiger partial charge in [0.25, 0.3) is 0 Å². The van der Waals surface area contributed by atoms with Gasteiger partial charge in [-0.2, -0.15) is 4.98 Å². The number of aromatic nitrogens is 3. The molecule has 29 heavy (non-hydrogen) atoms. The second-order valence-electron chi connectivity index (χ2n) is 7.08. The van der Waals surface area contributed by atoms with Crippen LogP contribution in [0.25, 0.3) is 0 Å². The quantitative estimate of drug-likeness (QED) is 0.680. The van der Waals surface area contributed by atoms with Crippen molar-refractivity contribution in [2.45, 2.75) is 20.4 Å². The molecule has 1 aliphatic heterocycles. The molecular formula is C22H22N6O. The summed E-state index contributed by atoms with van der Waals surface area (Å²) in [6.45, 7) is 8.78. The van der Waals surface area contributed by atoms with Crippen molar-refractivity contribution in [3.05, 3.63) is 77.5 Å². The van der Waals surface area contributed by atoms with Gasteiger partial charge in [0.1, 0.15) is 17.9 Å². The highest BCUT2D eigenvalue weighted by Gasteiger charge is 2.27. The smallest absolute Gasteiger partial charge is 0.229 e. The van der Waals surface area contributed by atoms with Gasteiger partial charge in [-0.15, -0.1) is 0 Å². The molecule has 0 fully saturated rings. The molecule has 0 bridgehead atoms. The van der Waals surface area contributed by atoms with Gasteiger partial charge >= 0.3 is 0 Å². The van der Waals surface area contributed by atoms with Crippen LogP contribution in [0.4, 0.5) is 23.1 Å². The number of rotatable bonds is 4. The van der Waals surface area contributed by atoms with Gasteiger partial charge in [0.2, 0.25) is 5.95 Å². The molecule has 0 unspecified atom stereocenters. The van der Waals surface area contributed by atoms with E-state index in [0.29, 0.717) is 18.1 Å². The number of aldehydes is 1. The molecule has 7 nitrogen and oxygen atoms in total. The highest BCUT2D eigenvalue weighted by atomic mass is 16.1. The van der Waals surface area contributed by atoms with Crippen molar-refractivity contribution >= 4 is 29.4 Å². The molecule has 0 radical (unpaired) electrons. The van der Waals surface area contributed by atoms with Crippen LogP contribution < -0.4 is 15.1 Å². The van der Waals surface area contributed by atoms with Crippen molar-refractivity contribution in [3.8, 4) is 0 Å². The molecule has 0 spiro atoms. The minimum Gasteiger partial charge on any atom is -0.323 e. The third-order valence-electron chi connectivity index (χ3n) is 5.01. The van der Waals surface area contributed by atoms with Crippen molar-refractivity contribution in [2.24, 2.45) is 0 Å². The Bertz CT molecular complexity index is 1090. The predicted molar refractivity (Wildman–Crippen MR) is 115 cm³/mol. The lowest BCUT2D eigenvalue weighted by molar-refractivity contribution is 0.112. The first kappa shape index (κ1) is 18.6. The first-order valence-corrected chi connectivity index (χ1v) is 9.28. The Morgan fingerprint density at radius 2 is 1.97 bits per heavy atom. The van der Waals surface area contributed by atoms with E-state index in [9.17, 15) is 4.79 Å². The number of nitrogens with one attached hydrogen (secondary N) is 1. The first-order chi connectivity index (χ1) is 14.0. The number of pyridine rings is 1. The topological polar surface area (TPSA) is 74.2 Å². The van der Waals surface area contributed by atoms with Crippen molar-refractivity contribution in [1.29, 1.82) is 0 Å². The summed E-state index contributed by atoms with van der Waals surface area (Å²) in [5.74, 6) is 2.08. The van der Waals surface area contributed by atoms with E-state index in [-0.39, 0.29) is 0 Å². The fraction of sp³-hybridized carbons (Fsp3) is 0.182. The van der Waals surface area contributed by atoms with E-state index in [4.69, 9.17) is 0 Å². The molecule has 4 rings (SSSR count). The zero-order valence-electron chi connectivity index (χ0n) is 16.7. The minimum atomic E-state index is 0.502. The third-order valence-corrected chi connectivity index (χ3v) is 5.01. The largest absolute Gasteiger partial charge is 0.323 e. The molecular weight excluding hydrogens is 364 g/mol. The van der Waals surface area contributed by atoms with Crippen LogP contribution in [0.3, 0.4) is 0 Å². The van der Waals surface area contributed by atoms with Crippen LogP contribution in [0.1, 0.15) is 27.2 Å². The van der Waals surface area contributed by atoms with Crippen molar-refractivity contribution in [1.82, 2.24) is 15.0 Å². The molecule has 3 aromatic rings. The molecule has 0 atom stereocenters. The monoisotopic (exact) mass is 386 g/mol. The summed E-state index contributed by atoms with van der Waals surface area (Å²) < 4.78 is 0. The molecule has 0 saturated carbocycles. The summed E-state index contributed by atoms with van der Waals surface area (Å²) >= 11 is 0. The maximum absolute atomic E-state index is 11.2. The molecule has 7 heteroatoms. The van der Waals surface area contributed by atoms with Gasteiger partial charge in [-0.1, -0.05) is 18.7 Å². The van der Waals surface area contributed by atoms with E-state index in [1.165, 1.54) is 0 Å². The second kappa shape index (κ2) is 7.35. The van der Waals surface area contributed by atoms with Gasteiger partial charge in [0, 0.05) is 35.8 Å². The van der Waals surface area contributed by atoms with Crippen LogP contribution in [-0.2, 0) is 6.54 Å². The molecule has 146 valence electrons. The Morgan fingerprint density at radius 1 is 1.14 bits per heavy atom. The summed E-state index contributed by atoms with van der Waals surface area (Å²) in [7, 11) is 1.93. The van der Waals surface area contributed by atoms with Gasteiger partial charge in [0.05, 0.1) is 18.4 Å². The Hall–Kier alpha value is -3.74. The average Bonchev–Trinajstić information content (AvgIpc) is 2.73. The van der Waals surface area contributed by atoms with Gasteiger partial charge in [0.15, 0.2) is 0 Å². The Labute approximate surface area is 169 Å². The number of hydrogen-bond acceptors (Lipinski definition) is 7. The zero-order valence-corrected chi connectivity index (χ0v) is 16.7. The summed E-state index contributed by atoms with van der Waals surface area (Å²) in [4.78, 5) is 28.7. The van der Waals surface area contributed by atoms with E-state index < -0.39 is 0 Å². The fourth-order valence-electron chi connectivity index (χ4n) is 3.31. The van der Waals surface area contributed by atoms with Crippen LogP contribution in [0.5, 0.6) is 0 Å². The maximum atomic E-state index is 11.2. The van der Waals surface area contributed by atoms with E-state index in [1.54, 1.807) is 6.20 Å². The van der Waals surface area contributed by atoms with Gasteiger partial charge in [-0.25, -0.2) is 4.98 Å². The van der Waals surface area contributed by atoms with Crippen LogP contribution in [0, 0.1) is 13.8 Å². The molecule has 3 heterocycles. The van der Waals surface area contributed by atoms with Crippen LogP contribution in [0.2, 0.25) is 0 Å². The zero-order chi connectivity index (χ0) is 20.5. The Morgan fingerprint density at radius 3 is 2.69 bits per heavy atom. The normalized spacial score (nSPS) is 13.3. The standard InChI is InChI=1S/C22H22N6O/c1-14-5-7-17(13-29)9-20(14)28-12-18-10-24-22(26-21(18)27(4)16(28)3)25-19-8-6-15(2)23-11-19/h5-11,13H,3,12H2,1-2,4H3,(H,24,25,26). The van der Waals surface area contributed by atoms with Crippen molar-refractivity contribution < 1.29 is 4.79 Å². The highest BCUT2D eigenvalue weighted by molar-refractivity contribution is 5.79. The van der Waals surface area contributed by atoms with Crippen molar-refractivity contribution in [2.75, 3.05) is 22.2 Å². The average molecular weight is 386 g/mol. The lowest BCUT2D eigenvalue weighted by Crippen LogP contribution is -2.38. The molecule has 0 aliphatic carbocycles. The highest BCUT2D eigenvalue weighted by Crippen LogP contribution is 2.35. The number of carbonyl (C=O) groups is 1. The fourth-order valence-corrected chi connectivity index (χ4v) is 3.31. The van der Waals surface area contributed by atoms with Gasteiger partial charge in [-0.05, 0) is 37.6 Å². The first-order valence-electron chi connectivity index (χ1n) is 9.28. The van der Waals surface area contributed by atoms with Crippen LogP contribution >= 0.6 is 0 Å². The molecule has 1 N–H and O–H groups in total. The number of nitrogens with zero attached hydrogens (tertiary/aromatic N) is 5. The van der Waals surface area contributed by atoms with Crippen LogP contribution in [0.15, 0.2) is 55.1 Å². The molecule has 1 aromatic carbocycles. The lowest BCUT2D eigenvalue weighted by Gasteiger charge is -2.39. The number of benzene rings is 1.